The van der Waals surface area contributed by atoms with Gasteiger partial charge in [0.05, 0.1) is 12.6 Å². The molecule has 1 atom stereocenters. The Morgan fingerprint density at radius 2 is 2.25 bits per heavy atom. The van der Waals surface area contributed by atoms with Crippen LogP contribution in [0, 0.1) is 6.92 Å². The molecule has 9 nitrogen and oxygen atoms in total. The summed E-state index contributed by atoms with van der Waals surface area (Å²) in [6.07, 6.45) is 0.443. The second kappa shape index (κ2) is 7.50. The molecule has 0 aromatic carbocycles. The smallest absolute Gasteiger partial charge is 0.407 e. The molecule has 0 spiro atoms. The molecule has 0 bridgehead atoms. The number of hydrogen-bond acceptors (Lipinski definition) is 6. The fourth-order valence-electron chi connectivity index (χ4n) is 2.44. The summed E-state index contributed by atoms with van der Waals surface area (Å²) in [5.74, 6) is 1.85. The lowest BCUT2D eigenvalue weighted by Crippen LogP contribution is -2.44. The summed E-state index contributed by atoms with van der Waals surface area (Å²) in [4.78, 5) is 22.3. The van der Waals surface area contributed by atoms with Crippen molar-refractivity contribution in [2.45, 2.75) is 52.3 Å². The monoisotopic (exact) mass is 338 g/mol. The van der Waals surface area contributed by atoms with E-state index in [-0.39, 0.29) is 6.04 Å². The molecule has 2 heterocycles. The van der Waals surface area contributed by atoms with Crippen molar-refractivity contribution in [2.75, 3.05) is 20.1 Å². The number of guanidine groups is 1. The Bertz CT molecular complexity index is 592. The maximum atomic E-state index is 11.8. The largest absolute Gasteiger partial charge is 0.444 e. The topological polar surface area (TPSA) is 105 Å². The standard InChI is InChI=1S/C15H26N6O3/c1-10-18-12(24-20-10)8-17-13(16-5)21-7-6-11(9-21)19-14(22)23-15(2,3)4/h11H,6-9H2,1-5H3,(H,16,17)(H,19,22). The van der Waals surface area contributed by atoms with E-state index in [1.165, 1.54) is 0 Å². The summed E-state index contributed by atoms with van der Waals surface area (Å²) < 4.78 is 10.4. The van der Waals surface area contributed by atoms with Crippen molar-refractivity contribution >= 4 is 12.1 Å². The molecule has 0 aliphatic carbocycles. The van der Waals surface area contributed by atoms with Crippen LogP contribution in [0.25, 0.3) is 0 Å². The van der Waals surface area contributed by atoms with Gasteiger partial charge in [-0.05, 0) is 34.1 Å². The Morgan fingerprint density at radius 1 is 1.50 bits per heavy atom. The van der Waals surface area contributed by atoms with Gasteiger partial charge in [0, 0.05) is 20.1 Å². The Hall–Kier alpha value is -2.32. The molecular formula is C15H26N6O3. The predicted octanol–water partition coefficient (Wildman–Crippen LogP) is 1.05. The van der Waals surface area contributed by atoms with Gasteiger partial charge in [0.25, 0.3) is 0 Å². The molecule has 1 aliphatic rings. The highest BCUT2D eigenvalue weighted by Crippen LogP contribution is 2.12. The van der Waals surface area contributed by atoms with Crippen molar-refractivity contribution < 1.29 is 14.1 Å². The highest BCUT2D eigenvalue weighted by Gasteiger charge is 2.27. The Morgan fingerprint density at radius 3 is 2.83 bits per heavy atom. The summed E-state index contributed by atoms with van der Waals surface area (Å²) >= 11 is 0. The second-order valence-electron chi connectivity index (χ2n) is 6.71. The Labute approximate surface area is 141 Å². The molecule has 0 radical (unpaired) electrons. The molecule has 1 saturated heterocycles. The van der Waals surface area contributed by atoms with Gasteiger partial charge in [-0.3, -0.25) is 4.99 Å². The minimum atomic E-state index is -0.498. The number of rotatable bonds is 3. The number of ether oxygens (including phenoxy) is 1. The molecular weight excluding hydrogens is 312 g/mol. The number of nitrogens with one attached hydrogen (secondary N) is 2. The fourth-order valence-corrected chi connectivity index (χ4v) is 2.44. The quantitative estimate of drug-likeness (QED) is 0.627. The van der Waals surface area contributed by atoms with Crippen molar-refractivity contribution in [3.63, 3.8) is 0 Å². The van der Waals surface area contributed by atoms with Crippen molar-refractivity contribution in [1.29, 1.82) is 0 Å². The number of alkyl carbamates (subject to hydrolysis) is 1. The van der Waals surface area contributed by atoms with Gasteiger partial charge in [-0.1, -0.05) is 5.16 Å². The molecule has 9 heteroatoms. The average Bonchev–Trinajstić information content (AvgIpc) is 3.07. The Balaban J connectivity index is 1.81. The number of carbonyl (C=O) groups is 1. The van der Waals surface area contributed by atoms with Crippen LogP contribution in [0.15, 0.2) is 9.52 Å². The number of carbonyl (C=O) groups excluding carboxylic acids is 1. The number of aromatic nitrogens is 2. The van der Waals surface area contributed by atoms with Crippen LogP contribution in [-0.4, -0.2) is 58.9 Å². The van der Waals surface area contributed by atoms with Gasteiger partial charge in [-0.25, -0.2) is 4.79 Å². The predicted molar refractivity (Wildman–Crippen MR) is 88.6 cm³/mol. The third kappa shape index (κ3) is 5.39. The molecule has 0 saturated carbocycles. The highest BCUT2D eigenvalue weighted by molar-refractivity contribution is 5.80. The Kier molecular flexibility index (Phi) is 5.63. The van der Waals surface area contributed by atoms with E-state index in [1.807, 2.05) is 20.8 Å². The fraction of sp³-hybridized carbons (Fsp3) is 0.733. The summed E-state index contributed by atoms with van der Waals surface area (Å²) in [5.41, 5.74) is -0.498. The zero-order valence-electron chi connectivity index (χ0n) is 14.9. The van der Waals surface area contributed by atoms with E-state index >= 15 is 0 Å². The lowest BCUT2D eigenvalue weighted by molar-refractivity contribution is 0.0507. The SMILES string of the molecule is CN=C(NCc1nc(C)no1)N1CCC(NC(=O)OC(C)(C)C)C1. The molecule has 1 aromatic rings. The van der Waals surface area contributed by atoms with E-state index in [2.05, 4.69) is 30.7 Å². The summed E-state index contributed by atoms with van der Waals surface area (Å²) in [6.45, 7) is 9.18. The molecule has 1 amide bonds. The number of hydrogen-bond donors (Lipinski definition) is 2. The molecule has 2 rings (SSSR count). The third-order valence-corrected chi connectivity index (χ3v) is 3.39. The maximum Gasteiger partial charge on any atom is 0.407 e. The van der Waals surface area contributed by atoms with Gasteiger partial charge in [0.15, 0.2) is 11.8 Å². The maximum absolute atomic E-state index is 11.8. The highest BCUT2D eigenvalue weighted by atomic mass is 16.6. The van der Waals surface area contributed by atoms with Crippen LogP contribution in [0.4, 0.5) is 4.79 Å². The van der Waals surface area contributed by atoms with Gasteiger partial charge in [-0.15, -0.1) is 0 Å². The van der Waals surface area contributed by atoms with Crippen LogP contribution < -0.4 is 10.6 Å². The van der Waals surface area contributed by atoms with Crippen molar-refractivity contribution in [2.24, 2.45) is 4.99 Å². The summed E-state index contributed by atoms with van der Waals surface area (Å²) in [6, 6.07) is 0.0315. The molecule has 24 heavy (non-hydrogen) atoms. The first kappa shape index (κ1) is 18.0. The van der Waals surface area contributed by atoms with Crippen LogP contribution in [0.5, 0.6) is 0 Å². The van der Waals surface area contributed by atoms with Gasteiger partial charge in [0.2, 0.25) is 5.89 Å². The van der Waals surface area contributed by atoms with Gasteiger partial charge in [-0.2, -0.15) is 4.98 Å². The second-order valence-corrected chi connectivity index (χ2v) is 6.71. The number of likely N-dealkylation sites (tertiary alicyclic amines) is 1. The minimum absolute atomic E-state index is 0.0315. The van der Waals surface area contributed by atoms with Crippen LogP contribution in [0.3, 0.4) is 0 Å². The third-order valence-electron chi connectivity index (χ3n) is 3.39. The molecule has 2 N–H and O–H groups in total. The van der Waals surface area contributed by atoms with E-state index in [9.17, 15) is 4.79 Å². The van der Waals surface area contributed by atoms with Crippen molar-refractivity contribution in [1.82, 2.24) is 25.7 Å². The van der Waals surface area contributed by atoms with Crippen LogP contribution in [0.2, 0.25) is 0 Å². The number of amides is 1. The lowest BCUT2D eigenvalue weighted by Gasteiger charge is -2.23. The minimum Gasteiger partial charge on any atom is -0.444 e. The molecule has 134 valence electrons. The van der Waals surface area contributed by atoms with E-state index in [0.717, 1.165) is 18.9 Å². The van der Waals surface area contributed by atoms with Crippen molar-refractivity contribution in [3.05, 3.63) is 11.7 Å². The first-order valence-electron chi connectivity index (χ1n) is 8.01. The summed E-state index contributed by atoms with van der Waals surface area (Å²) in [7, 11) is 1.72. The van der Waals surface area contributed by atoms with Crippen LogP contribution in [0.1, 0.15) is 38.9 Å². The van der Waals surface area contributed by atoms with Gasteiger partial charge < -0.3 is 24.8 Å². The zero-order chi connectivity index (χ0) is 17.7. The van der Waals surface area contributed by atoms with E-state index in [4.69, 9.17) is 9.26 Å². The average molecular weight is 338 g/mol. The van der Waals surface area contributed by atoms with Gasteiger partial charge >= 0.3 is 6.09 Å². The van der Waals surface area contributed by atoms with Crippen LogP contribution in [-0.2, 0) is 11.3 Å². The first-order valence-corrected chi connectivity index (χ1v) is 8.01. The molecule has 1 fully saturated rings. The lowest BCUT2D eigenvalue weighted by atomic mass is 10.2. The number of nitrogens with zero attached hydrogens (tertiary/aromatic N) is 4. The van der Waals surface area contributed by atoms with Crippen molar-refractivity contribution in [3.8, 4) is 0 Å². The molecule has 1 aliphatic heterocycles. The van der Waals surface area contributed by atoms with Gasteiger partial charge in [0.1, 0.15) is 5.60 Å². The van der Waals surface area contributed by atoms with E-state index in [0.29, 0.717) is 24.8 Å². The summed E-state index contributed by atoms with van der Waals surface area (Å²) in [5, 5.41) is 9.83. The normalized spacial score (nSPS) is 18.6. The molecule has 1 aromatic heterocycles. The number of aryl methyl sites for hydroxylation is 1. The number of aliphatic imine (C=N–C) groups is 1. The van der Waals surface area contributed by atoms with E-state index in [1.54, 1.807) is 14.0 Å². The zero-order valence-corrected chi connectivity index (χ0v) is 14.9. The van der Waals surface area contributed by atoms with E-state index < -0.39 is 11.7 Å². The van der Waals surface area contributed by atoms with Crippen LogP contribution >= 0.6 is 0 Å². The first-order chi connectivity index (χ1) is 11.3. The molecule has 1 unspecified atom stereocenters.